The summed E-state index contributed by atoms with van der Waals surface area (Å²) in [5.41, 5.74) is 7.77. The minimum absolute atomic E-state index is 0.562. The van der Waals surface area contributed by atoms with Crippen LogP contribution in [0.3, 0.4) is 0 Å². The molecule has 0 aromatic carbocycles. The van der Waals surface area contributed by atoms with Gasteiger partial charge < -0.3 is 11.1 Å². The number of aryl methyl sites for hydroxylation is 1. The molecule has 2 rings (SSSR count). The highest BCUT2D eigenvalue weighted by Crippen LogP contribution is 2.36. The summed E-state index contributed by atoms with van der Waals surface area (Å²) in [5.74, 6) is 1.62. The van der Waals surface area contributed by atoms with Crippen LogP contribution in [0.4, 0.5) is 10.8 Å². The summed E-state index contributed by atoms with van der Waals surface area (Å²) in [6.07, 6.45) is 2.09. The molecule has 2 aromatic heterocycles. The first-order chi connectivity index (χ1) is 8.22. The predicted molar refractivity (Wildman–Crippen MR) is 79.2 cm³/mol. The Balaban J connectivity index is 2.23. The van der Waals surface area contributed by atoms with Crippen molar-refractivity contribution in [1.82, 2.24) is 9.36 Å². The van der Waals surface area contributed by atoms with Crippen molar-refractivity contribution in [3.8, 4) is 11.3 Å². The summed E-state index contributed by atoms with van der Waals surface area (Å²) in [6, 6.07) is 0. The molecule has 0 unspecified atom stereocenters. The van der Waals surface area contributed by atoms with Gasteiger partial charge in [0.2, 0.25) is 0 Å². The smallest absolute Gasteiger partial charge is 0.148 e. The van der Waals surface area contributed by atoms with E-state index in [0.29, 0.717) is 5.82 Å². The number of hydrogen-bond donors (Lipinski definition) is 2. The van der Waals surface area contributed by atoms with Gasteiger partial charge in [0.05, 0.1) is 16.3 Å². The molecule has 4 nitrogen and oxygen atoms in total. The van der Waals surface area contributed by atoms with Crippen LogP contribution in [0.5, 0.6) is 0 Å². The number of nitrogens with zero attached hydrogens (tertiary/aromatic N) is 2. The Morgan fingerprint density at radius 2 is 2.35 bits per heavy atom. The third-order valence-corrected chi connectivity index (χ3v) is 4.39. The maximum Gasteiger partial charge on any atom is 0.148 e. The molecule has 0 aliphatic rings. The summed E-state index contributed by atoms with van der Waals surface area (Å²) in [7, 11) is 0. The van der Waals surface area contributed by atoms with Gasteiger partial charge in [-0.1, -0.05) is 0 Å². The Morgan fingerprint density at radius 1 is 1.53 bits per heavy atom. The van der Waals surface area contributed by atoms with E-state index in [4.69, 9.17) is 5.73 Å². The van der Waals surface area contributed by atoms with Crippen LogP contribution in [0.25, 0.3) is 11.3 Å². The molecule has 0 amide bonds. The topological polar surface area (TPSA) is 63.8 Å². The van der Waals surface area contributed by atoms with E-state index < -0.39 is 0 Å². The van der Waals surface area contributed by atoms with Gasteiger partial charge in [0.15, 0.2) is 0 Å². The minimum Gasteiger partial charge on any atom is -0.382 e. The average Bonchev–Trinajstić information content (AvgIpc) is 2.86. The monoisotopic (exact) mass is 286 g/mol. The van der Waals surface area contributed by atoms with Crippen LogP contribution in [-0.2, 0) is 0 Å². The fourth-order valence-corrected chi connectivity index (χ4v) is 3.07. The van der Waals surface area contributed by atoms with Crippen molar-refractivity contribution >= 4 is 45.5 Å². The van der Waals surface area contributed by atoms with E-state index >= 15 is 0 Å². The molecule has 0 saturated carbocycles. The van der Waals surface area contributed by atoms with E-state index in [1.807, 2.05) is 24.1 Å². The van der Waals surface area contributed by atoms with E-state index in [1.54, 1.807) is 11.3 Å². The Hall–Kier alpha value is -0.790. The largest absolute Gasteiger partial charge is 0.382 e. The summed E-state index contributed by atoms with van der Waals surface area (Å²) < 4.78 is 4.20. The molecular formula is C10H14N4S3. The average molecular weight is 286 g/mol. The SMILES string of the molecule is CSCCNc1snc(N)c1-c1csc(C)n1. The van der Waals surface area contributed by atoms with E-state index in [9.17, 15) is 0 Å². The molecule has 0 aliphatic carbocycles. The number of hydrogen-bond acceptors (Lipinski definition) is 7. The zero-order chi connectivity index (χ0) is 12.3. The van der Waals surface area contributed by atoms with E-state index in [1.165, 1.54) is 11.5 Å². The van der Waals surface area contributed by atoms with Crippen molar-refractivity contribution in [2.45, 2.75) is 6.92 Å². The van der Waals surface area contributed by atoms with Crippen LogP contribution < -0.4 is 11.1 Å². The third kappa shape index (κ3) is 2.91. The van der Waals surface area contributed by atoms with Crippen LogP contribution in [0, 0.1) is 6.92 Å². The van der Waals surface area contributed by atoms with Crippen LogP contribution in [0.2, 0.25) is 0 Å². The molecule has 0 fully saturated rings. The Labute approximate surface area is 113 Å². The quantitative estimate of drug-likeness (QED) is 0.827. The van der Waals surface area contributed by atoms with Crippen LogP contribution in [0.15, 0.2) is 5.38 Å². The van der Waals surface area contributed by atoms with Crippen molar-refractivity contribution in [2.75, 3.05) is 29.6 Å². The van der Waals surface area contributed by atoms with Gasteiger partial charge in [-0.05, 0) is 24.7 Å². The first-order valence-corrected chi connectivity index (χ1v) is 8.17. The van der Waals surface area contributed by atoms with Gasteiger partial charge in [0, 0.05) is 17.7 Å². The predicted octanol–water partition coefficient (Wildman–Crippen LogP) is 2.93. The first-order valence-electron chi connectivity index (χ1n) is 5.13. The second-order valence-corrected chi connectivity index (χ2v) is 6.26. The Bertz CT molecular complexity index is 491. The lowest BCUT2D eigenvalue weighted by Crippen LogP contribution is -2.03. The van der Waals surface area contributed by atoms with Gasteiger partial charge in [-0.2, -0.15) is 16.1 Å². The van der Waals surface area contributed by atoms with Crippen molar-refractivity contribution < 1.29 is 0 Å². The summed E-state index contributed by atoms with van der Waals surface area (Å²) in [5, 5.41) is 7.44. The summed E-state index contributed by atoms with van der Waals surface area (Å²) in [4.78, 5) is 4.46. The van der Waals surface area contributed by atoms with Crippen LogP contribution in [-0.4, -0.2) is 27.9 Å². The van der Waals surface area contributed by atoms with Crippen molar-refractivity contribution in [1.29, 1.82) is 0 Å². The van der Waals surface area contributed by atoms with Gasteiger partial charge in [-0.25, -0.2) is 4.98 Å². The van der Waals surface area contributed by atoms with Crippen LogP contribution >= 0.6 is 34.6 Å². The minimum atomic E-state index is 0.562. The van der Waals surface area contributed by atoms with Crippen molar-refractivity contribution in [2.24, 2.45) is 0 Å². The number of nitrogens with one attached hydrogen (secondary N) is 1. The van der Waals surface area contributed by atoms with Gasteiger partial charge in [0.1, 0.15) is 10.8 Å². The Kier molecular flexibility index (Phi) is 4.25. The lowest BCUT2D eigenvalue weighted by Gasteiger charge is -2.04. The lowest BCUT2D eigenvalue weighted by molar-refractivity contribution is 1.24. The van der Waals surface area contributed by atoms with E-state index in [-0.39, 0.29) is 0 Å². The molecule has 0 aliphatic heterocycles. The molecular weight excluding hydrogens is 272 g/mol. The number of nitrogen functional groups attached to an aromatic ring is 1. The van der Waals surface area contributed by atoms with E-state index in [0.717, 1.165) is 33.6 Å². The highest BCUT2D eigenvalue weighted by molar-refractivity contribution is 7.98. The molecule has 3 N–H and O–H groups in total. The van der Waals surface area contributed by atoms with Crippen molar-refractivity contribution in [3.05, 3.63) is 10.4 Å². The molecule has 2 aromatic rings. The Morgan fingerprint density at radius 3 is 3.00 bits per heavy atom. The summed E-state index contributed by atoms with van der Waals surface area (Å²) in [6.45, 7) is 2.91. The highest BCUT2D eigenvalue weighted by Gasteiger charge is 2.15. The zero-order valence-electron chi connectivity index (χ0n) is 9.69. The normalized spacial score (nSPS) is 10.7. The third-order valence-electron chi connectivity index (χ3n) is 2.19. The maximum absolute atomic E-state index is 5.91. The fourth-order valence-electron chi connectivity index (χ4n) is 1.42. The number of anilines is 2. The highest BCUT2D eigenvalue weighted by atomic mass is 32.2. The van der Waals surface area contributed by atoms with Gasteiger partial charge >= 0.3 is 0 Å². The fraction of sp³-hybridized carbons (Fsp3) is 0.400. The van der Waals surface area contributed by atoms with Crippen LogP contribution in [0.1, 0.15) is 5.01 Å². The molecule has 0 saturated heterocycles. The number of aromatic nitrogens is 2. The second-order valence-electron chi connectivity index (χ2n) is 3.44. The maximum atomic E-state index is 5.91. The summed E-state index contributed by atoms with van der Waals surface area (Å²) >= 11 is 4.84. The number of nitrogens with two attached hydrogens (primary N) is 1. The molecule has 0 atom stereocenters. The molecule has 92 valence electrons. The molecule has 0 radical (unpaired) electrons. The van der Waals surface area contributed by atoms with Gasteiger partial charge in [0.25, 0.3) is 0 Å². The number of thiazole rings is 1. The first kappa shape index (κ1) is 12.7. The molecule has 2 heterocycles. The molecule has 7 heteroatoms. The number of thioether (sulfide) groups is 1. The lowest BCUT2D eigenvalue weighted by atomic mass is 10.2. The second kappa shape index (κ2) is 5.70. The zero-order valence-corrected chi connectivity index (χ0v) is 12.1. The standard InChI is InChI=1S/C10H14N4S3/c1-6-13-7(5-16-6)8-9(11)14-17-10(8)12-3-4-15-2/h5,12H,3-4H2,1-2H3,(H2,11,14). The molecule has 0 bridgehead atoms. The van der Waals surface area contributed by atoms with E-state index in [2.05, 4.69) is 20.9 Å². The molecule has 17 heavy (non-hydrogen) atoms. The van der Waals surface area contributed by atoms with Gasteiger partial charge in [-0.3, -0.25) is 0 Å². The number of rotatable bonds is 5. The molecule has 0 spiro atoms. The van der Waals surface area contributed by atoms with Crippen molar-refractivity contribution in [3.63, 3.8) is 0 Å². The van der Waals surface area contributed by atoms with Gasteiger partial charge in [-0.15, -0.1) is 11.3 Å².